The van der Waals surface area contributed by atoms with Gasteiger partial charge in [0, 0.05) is 92.3 Å². The Balaban J connectivity index is 0.930. The Morgan fingerprint density at radius 3 is 2.59 bits per heavy atom. The third kappa shape index (κ3) is 7.80. The maximum atomic E-state index is 14.9. The SMILES string of the molecule is CCn1c2c3c4cc(ccc41)-c1cccc(c1)C[C@@]1([Si]C1C(=O)CCOC1CN(C(=O)C#CC(C)(C)N4CCC4)C1)C(=O)N1CCC[C@H](N1)C(=O)OCC(C)(C)C3[C@H](OC)c1ncccc1-2. The average molecular weight is 909 g/mol. The Morgan fingerprint density at radius 2 is 1.83 bits per heavy atom. The minimum atomic E-state index is -0.949. The van der Waals surface area contributed by atoms with E-state index in [-0.39, 0.29) is 64.3 Å². The van der Waals surface area contributed by atoms with E-state index in [0.717, 1.165) is 76.2 Å². The molecule has 7 heterocycles. The molecule has 2 aromatic carbocycles. The summed E-state index contributed by atoms with van der Waals surface area (Å²) >= 11 is 0. The van der Waals surface area contributed by atoms with Crippen molar-refractivity contribution in [3.8, 4) is 34.2 Å². The average Bonchev–Trinajstić information content (AvgIpc) is 3.92. The first kappa shape index (κ1) is 44.7. The van der Waals surface area contributed by atoms with Crippen molar-refractivity contribution in [1.29, 1.82) is 0 Å². The van der Waals surface area contributed by atoms with E-state index >= 15 is 0 Å². The summed E-state index contributed by atoms with van der Waals surface area (Å²) in [6.07, 6.45) is 4.11. The smallest absolute Gasteiger partial charge is 0.324 e. The van der Waals surface area contributed by atoms with E-state index in [1.165, 1.54) is 0 Å². The number of esters is 1. The number of Topliss-reactive ketones (excluding diaryl/α,β-unsaturated/α-hetero) is 1. The maximum Gasteiger partial charge on any atom is 0.324 e. The number of carbonyl (C=O) groups excluding carboxylic acids is 4. The maximum absolute atomic E-state index is 14.9. The fourth-order valence-corrected chi connectivity index (χ4v) is 12.8. The van der Waals surface area contributed by atoms with E-state index in [2.05, 4.69) is 83.9 Å². The molecule has 14 heteroatoms. The lowest BCUT2D eigenvalue weighted by molar-refractivity contribution is -0.156. The number of ether oxygens (including phenoxy) is 3. The second-order valence-electron chi connectivity index (χ2n) is 20.2. The summed E-state index contributed by atoms with van der Waals surface area (Å²) < 4.78 is 21.1. The third-order valence-corrected chi connectivity index (χ3v) is 17.0. The van der Waals surface area contributed by atoms with E-state index in [0.29, 0.717) is 38.9 Å². The van der Waals surface area contributed by atoms with Gasteiger partial charge in [-0.05, 0) is 98.9 Å². The summed E-state index contributed by atoms with van der Waals surface area (Å²) in [6.45, 7) is 14.9. The van der Waals surface area contributed by atoms with Crippen LogP contribution < -0.4 is 5.43 Å². The summed E-state index contributed by atoms with van der Waals surface area (Å²) in [5.74, 6) is 4.99. The van der Waals surface area contributed by atoms with Crippen LogP contribution in [0.2, 0.25) is 10.6 Å². The van der Waals surface area contributed by atoms with Gasteiger partial charge in [0.05, 0.1) is 50.8 Å². The van der Waals surface area contributed by atoms with Gasteiger partial charge in [-0.1, -0.05) is 50.1 Å². The highest BCUT2D eigenvalue weighted by Crippen LogP contribution is 2.61. The highest BCUT2D eigenvalue weighted by Gasteiger charge is 2.65. The van der Waals surface area contributed by atoms with Crippen LogP contribution in [0.25, 0.3) is 33.3 Å². The standard InChI is InChI=1S/C52H60N6O7Si/c1-7-57-39-17-16-34-27-37(39)42-43(46(63-6)44-36(45(42)57)14-9-21-53-44)50(2,3)31-65-48(61)38-15-10-24-58(54-38)49(62)52(28-32-12-8-13-33(34)26-32)47(66-52)40(59)19-25-64-35-29-55(30-35)41(60)18-20-51(4,5)56-22-11-23-56/h8-9,12-14,16-17,21,26-27,35,38,43,46-47,54H,7,10-11,15,19,22-25,28-31H2,1-6H3/t38-,43?,46-,47?,52-/m0/s1. The molecule has 5 atom stereocenters. The number of rotatable bonds is 8. The molecule has 13 nitrogen and oxygen atoms in total. The van der Waals surface area contributed by atoms with Gasteiger partial charge in [-0.25, -0.2) is 5.43 Å². The Bertz CT molecular complexity index is 2670. The summed E-state index contributed by atoms with van der Waals surface area (Å²) in [6, 6.07) is 18.4. The number of hydrogen-bond acceptors (Lipinski definition) is 10. The van der Waals surface area contributed by atoms with Gasteiger partial charge in [-0.2, -0.15) is 0 Å². The normalized spacial score (nSPS) is 26.1. The zero-order valence-electron chi connectivity index (χ0n) is 38.9. The van der Waals surface area contributed by atoms with Gasteiger partial charge < -0.3 is 23.7 Å². The molecule has 6 aliphatic rings. The minimum Gasteiger partial charge on any atom is -0.464 e. The number of methoxy groups -OCH3 is 1. The monoisotopic (exact) mass is 908 g/mol. The predicted octanol–water partition coefficient (Wildman–Crippen LogP) is 6.14. The van der Waals surface area contributed by atoms with Crippen molar-refractivity contribution in [3.05, 3.63) is 77.6 Å². The topological polar surface area (TPSA) is 136 Å². The molecule has 2 radical (unpaired) electrons. The quantitative estimate of drug-likeness (QED) is 0.125. The highest BCUT2D eigenvalue weighted by atomic mass is 28.2. The Hall–Kier alpha value is -5.17. The first-order chi connectivity index (χ1) is 31.7. The summed E-state index contributed by atoms with van der Waals surface area (Å²) in [5.41, 5.74) is 10.2. The molecule has 344 valence electrons. The summed E-state index contributed by atoms with van der Waals surface area (Å²) in [5, 5.41) is 1.75. The number of benzene rings is 2. The lowest BCUT2D eigenvalue weighted by atomic mass is 9.67. The van der Waals surface area contributed by atoms with Gasteiger partial charge in [0.2, 0.25) is 5.91 Å². The van der Waals surface area contributed by atoms with E-state index in [1.807, 2.05) is 38.2 Å². The third-order valence-electron chi connectivity index (χ3n) is 15.0. The van der Waals surface area contributed by atoms with Crippen LogP contribution >= 0.6 is 0 Å². The van der Waals surface area contributed by atoms with Gasteiger partial charge >= 0.3 is 5.97 Å². The van der Waals surface area contributed by atoms with E-state index in [1.54, 1.807) is 17.0 Å². The number of nitrogens with one attached hydrogen (secondary N) is 1. The molecule has 2 aromatic heterocycles. The molecule has 1 N–H and O–H groups in total. The summed E-state index contributed by atoms with van der Waals surface area (Å²) in [4.78, 5) is 64.7. The van der Waals surface area contributed by atoms with Gasteiger partial charge in [0.25, 0.3) is 5.91 Å². The van der Waals surface area contributed by atoms with Crippen LogP contribution in [0.5, 0.6) is 0 Å². The van der Waals surface area contributed by atoms with Gasteiger partial charge in [-0.15, -0.1) is 0 Å². The molecular weight excluding hydrogens is 849 g/mol. The molecule has 6 bridgehead atoms. The summed E-state index contributed by atoms with van der Waals surface area (Å²) in [7, 11) is 1.82. The van der Waals surface area contributed by atoms with E-state index in [9.17, 15) is 19.2 Å². The van der Waals surface area contributed by atoms with Crippen LogP contribution in [0, 0.1) is 17.3 Å². The number of aryl methyl sites for hydroxylation is 1. The largest absolute Gasteiger partial charge is 0.464 e. The fraction of sp³-hybridized carbons (Fsp3) is 0.519. The van der Waals surface area contributed by atoms with Crippen LogP contribution in [0.1, 0.15) is 89.1 Å². The van der Waals surface area contributed by atoms with Crippen molar-refractivity contribution < 1.29 is 33.4 Å². The van der Waals surface area contributed by atoms with E-state index in [4.69, 9.17) is 19.2 Å². The molecule has 10 rings (SSSR count). The van der Waals surface area contributed by atoms with Crippen LogP contribution in [0.3, 0.4) is 0 Å². The van der Waals surface area contributed by atoms with Crippen molar-refractivity contribution in [2.75, 3.05) is 53.0 Å². The number of fused-ring (bicyclic) bond motifs is 8. The van der Waals surface area contributed by atoms with Crippen molar-refractivity contribution in [3.63, 3.8) is 0 Å². The molecule has 1 spiro atoms. The molecule has 0 saturated carbocycles. The molecule has 2 amide bonds. The van der Waals surface area contributed by atoms with Crippen molar-refractivity contribution in [2.24, 2.45) is 5.41 Å². The molecule has 1 aliphatic carbocycles. The van der Waals surface area contributed by atoms with Crippen LogP contribution in [-0.2, 0) is 46.4 Å². The van der Waals surface area contributed by atoms with Gasteiger partial charge in [0.15, 0.2) is 0 Å². The first-order valence-corrected chi connectivity index (χ1v) is 24.8. The van der Waals surface area contributed by atoms with Crippen molar-refractivity contribution >= 4 is 44.0 Å². The number of aromatic nitrogens is 2. The van der Waals surface area contributed by atoms with Crippen LogP contribution in [0.15, 0.2) is 60.8 Å². The zero-order chi connectivity index (χ0) is 46.1. The Kier molecular flexibility index (Phi) is 11.6. The number of pyridine rings is 1. The number of hydrazine groups is 1. The fourth-order valence-electron chi connectivity index (χ4n) is 11.1. The minimum absolute atomic E-state index is 0.00196. The highest BCUT2D eigenvalue weighted by molar-refractivity contribution is 6.69. The molecule has 5 aliphatic heterocycles. The van der Waals surface area contributed by atoms with Crippen LogP contribution in [-0.4, -0.2) is 128 Å². The first-order valence-electron chi connectivity index (χ1n) is 23.7. The van der Waals surface area contributed by atoms with Gasteiger partial charge in [-0.3, -0.25) is 34.1 Å². The van der Waals surface area contributed by atoms with Crippen LogP contribution in [0.4, 0.5) is 0 Å². The lowest BCUT2D eigenvalue weighted by Crippen LogP contribution is -2.57. The van der Waals surface area contributed by atoms with Crippen molar-refractivity contribution in [2.45, 2.75) is 114 Å². The second-order valence-corrected chi connectivity index (χ2v) is 21.9. The molecule has 66 heavy (non-hydrogen) atoms. The molecular formula is C52H60N6O7Si. The van der Waals surface area contributed by atoms with E-state index < -0.39 is 34.1 Å². The number of carbonyl (C=O) groups is 4. The lowest BCUT2D eigenvalue weighted by Gasteiger charge is -2.42. The second kappa shape index (κ2) is 17.2. The number of nitrogens with zero attached hydrogens (tertiary/aromatic N) is 5. The molecule has 2 unspecified atom stereocenters. The number of hydrogen-bond donors (Lipinski definition) is 1. The number of amides is 2. The zero-order valence-corrected chi connectivity index (χ0v) is 39.9. The number of ketones is 1. The number of cyclic esters (lactones) is 1. The van der Waals surface area contributed by atoms with Gasteiger partial charge in [0.1, 0.15) is 17.9 Å². The predicted molar refractivity (Wildman–Crippen MR) is 251 cm³/mol. The Morgan fingerprint density at radius 1 is 1.03 bits per heavy atom. The number of likely N-dealkylation sites (tertiary alicyclic amines) is 2. The van der Waals surface area contributed by atoms with Crippen molar-refractivity contribution in [1.82, 2.24) is 29.8 Å². The molecule has 4 aromatic rings. The molecule has 4 saturated heterocycles. The Labute approximate surface area is 389 Å². The molecule has 4 fully saturated rings.